The SMILES string of the molecule is Cc1ccc(NC(=O)[C@H]2CS[C@@]3(C)CCC(=O)N23)cc1-n1cnnn1. The number of benzene rings is 1. The van der Waals surface area contributed by atoms with E-state index in [9.17, 15) is 9.59 Å². The Bertz CT molecular complexity index is 839. The van der Waals surface area contributed by atoms with Gasteiger partial charge in [-0.1, -0.05) is 6.07 Å². The minimum atomic E-state index is -0.428. The fraction of sp³-hybridized carbons (Fsp3) is 0.438. The minimum absolute atomic E-state index is 0.0611. The minimum Gasteiger partial charge on any atom is -0.324 e. The summed E-state index contributed by atoms with van der Waals surface area (Å²) < 4.78 is 1.55. The highest BCUT2D eigenvalue weighted by molar-refractivity contribution is 8.01. The molecule has 2 amide bonds. The fourth-order valence-electron chi connectivity index (χ4n) is 3.45. The molecule has 2 fully saturated rings. The van der Waals surface area contributed by atoms with E-state index in [0.29, 0.717) is 17.9 Å². The van der Waals surface area contributed by atoms with Gasteiger partial charge in [0.05, 0.1) is 10.6 Å². The zero-order chi connectivity index (χ0) is 17.6. The number of amides is 2. The lowest BCUT2D eigenvalue weighted by atomic mass is 10.1. The molecule has 25 heavy (non-hydrogen) atoms. The third-order valence-electron chi connectivity index (χ3n) is 4.82. The van der Waals surface area contributed by atoms with Crippen molar-refractivity contribution in [3.05, 3.63) is 30.1 Å². The monoisotopic (exact) mass is 358 g/mol. The molecule has 1 N–H and O–H groups in total. The number of aromatic nitrogens is 4. The van der Waals surface area contributed by atoms with Crippen LogP contribution in [0.2, 0.25) is 0 Å². The van der Waals surface area contributed by atoms with E-state index in [-0.39, 0.29) is 16.7 Å². The number of rotatable bonds is 3. The van der Waals surface area contributed by atoms with Crippen LogP contribution < -0.4 is 5.32 Å². The maximum atomic E-state index is 12.8. The van der Waals surface area contributed by atoms with E-state index >= 15 is 0 Å². The van der Waals surface area contributed by atoms with Crippen LogP contribution in [-0.4, -0.2) is 53.6 Å². The molecule has 130 valence electrons. The Labute approximate surface area is 149 Å². The molecule has 2 aliphatic rings. The second kappa shape index (κ2) is 5.83. The second-order valence-corrected chi connectivity index (χ2v) is 8.01. The summed E-state index contributed by atoms with van der Waals surface area (Å²) in [7, 11) is 0. The summed E-state index contributed by atoms with van der Waals surface area (Å²) in [5.41, 5.74) is 2.45. The van der Waals surface area contributed by atoms with Gasteiger partial charge in [-0.25, -0.2) is 4.68 Å². The smallest absolute Gasteiger partial charge is 0.248 e. The van der Waals surface area contributed by atoms with E-state index in [1.807, 2.05) is 32.0 Å². The van der Waals surface area contributed by atoms with Crippen molar-refractivity contribution in [3.63, 3.8) is 0 Å². The molecule has 0 spiro atoms. The number of anilines is 1. The maximum absolute atomic E-state index is 12.8. The van der Waals surface area contributed by atoms with Gasteiger partial charge in [0.25, 0.3) is 0 Å². The van der Waals surface area contributed by atoms with Crippen LogP contribution in [0, 0.1) is 6.92 Å². The lowest BCUT2D eigenvalue weighted by molar-refractivity contribution is -0.135. The first-order valence-corrected chi connectivity index (χ1v) is 9.07. The first-order valence-electron chi connectivity index (χ1n) is 8.09. The molecule has 3 heterocycles. The summed E-state index contributed by atoms with van der Waals surface area (Å²) in [6.45, 7) is 3.99. The van der Waals surface area contributed by atoms with Crippen LogP contribution in [0.1, 0.15) is 25.3 Å². The number of hydrogen-bond donors (Lipinski definition) is 1. The maximum Gasteiger partial charge on any atom is 0.248 e. The van der Waals surface area contributed by atoms with Gasteiger partial charge in [0, 0.05) is 17.9 Å². The zero-order valence-electron chi connectivity index (χ0n) is 14.0. The topological polar surface area (TPSA) is 93.0 Å². The van der Waals surface area contributed by atoms with Crippen LogP contribution in [-0.2, 0) is 9.59 Å². The van der Waals surface area contributed by atoms with E-state index in [1.165, 1.54) is 6.33 Å². The van der Waals surface area contributed by atoms with Gasteiger partial charge in [0.2, 0.25) is 11.8 Å². The van der Waals surface area contributed by atoms with Crippen molar-refractivity contribution in [3.8, 4) is 5.69 Å². The third-order valence-corrected chi connectivity index (χ3v) is 6.33. The Morgan fingerprint density at radius 1 is 1.44 bits per heavy atom. The number of thioether (sulfide) groups is 1. The van der Waals surface area contributed by atoms with E-state index in [0.717, 1.165) is 17.7 Å². The van der Waals surface area contributed by atoms with E-state index in [4.69, 9.17) is 0 Å². The van der Waals surface area contributed by atoms with E-state index in [2.05, 4.69) is 20.8 Å². The lowest BCUT2D eigenvalue weighted by Crippen LogP contribution is -2.48. The van der Waals surface area contributed by atoms with Crippen molar-refractivity contribution in [2.24, 2.45) is 0 Å². The highest BCUT2D eigenvalue weighted by atomic mass is 32.2. The molecule has 0 saturated carbocycles. The number of nitrogens with zero attached hydrogens (tertiary/aromatic N) is 5. The number of tetrazole rings is 1. The molecular weight excluding hydrogens is 340 g/mol. The quantitative estimate of drug-likeness (QED) is 0.891. The van der Waals surface area contributed by atoms with Gasteiger partial charge < -0.3 is 10.2 Å². The fourth-order valence-corrected chi connectivity index (χ4v) is 4.88. The Balaban J connectivity index is 1.56. The highest BCUT2D eigenvalue weighted by Gasteiger charge is 2.52. The number of nitrogens with one attached hydrogen (secondary N) is 1. The largest absolute Gasteiger partial charge is 0.324 e. The van der Waals surface area contributed by atoms with Crippen LogP contribution in [0.5, 0.6) is 0 Å². The van der Waals surface area contributed by atoms with Gasteiger partial charge in [-0.05, 0) is 48.4 Å². The molecule has 9 heteroatoms. The van der Waals surface area contributed by atoms with Crippen molar-refractivity contribution in [1.82, 2.24) is 25.1 Å². The summed E-state index contributed by atoms with van der Waals surface area (Å²) in [5.74, 6) is 0.531. The van der Waals surface area contributed by atoms with Crippen LogP contribution in [0.3, 0.4) is 0 Å². The van der Waals surface area contributed by atoms with Gasteiger partial charge >= 0.3 is 0 Å². The number of aryl methyl sites for hydroxylation is 1. The lowest BCUT2D eigenvalue weighted by Gasteiger charge is -2.29. The molecule has 2 aromatic rings. The van der Waals surface area contributed by atoms with Crippen LogP contribution >= 0.6 is 11.8 Å². The average Bonchev–Trinajstić information content (AvgIpc) is 3.28. The van der Waals surface area contributed by atoms with Crippen molar-refractivity contribution in [1.29, 1.82) is 0 Å². The number of carbonyl (C=O) groups is 2. The van der Waals surface area contributed by atoms with Gasteiger partial charge in [-0.15, -0.1) is 16.9 Å². The molecule has 0 radical (unpaired) electrons. The normalized spacial score (nSPS) is 25.3. The molecule has 2 aliphatic heterocycles. The van der Waals surface area contributed by atoms with Crippen LogP contribution in [0.15, 0.2) is 24.5 Å². The number of fused-ring (bicyclic) bond motifs is 1. The molecule has 1 aromatic carbocycles. The third kappa shape index (κ3) is 2.68. The van der Waals surface area contributed by atoms with Gasteiger partial charge in [0.1, 0.15) is 12.4 Å². The molecule has 1 aromatic heterocycles. The second-order valence-electron chi connectivity index (χ2n) is 6.51. The van der Waals surface area contributed by atoms with Gasteiger partial charge in [-0.3, -0.25) is 9.59 Å². The molecule has 0 aliphatic carbocycles. The standard InChI is InChI=1S/C16H18N6O2S/c1-10-3-4-11(7-12(10)21-9-17-19-20-21)18-15(24)13-8-25-16(2)6-5-14(23)22(13)16/h3-4,7,9,13H,5-6,8H2,1-2H3,(H,18,24)/t13-,16+/m1/s1. The first kappa shape index (κ1) is 16.1. The highest BCUT2D eigenvalue weighted by Crippen LogP contribution is 2.47. The number of carbonyl (C=O) groups excluding carboxylic acids is 2. The Hall–Kier alpha value is -2.42. The molecule has 0 bridgehead atoms. The van der Waals surface area contributed by atoms with E-state index < -0.39 is 6.04 Å². The van der Waals surface area contributed by atoms with Crippen molar-refractivity contribution >= 4 is 29.3 Å². The van der Waals surface area contributed by atoms with Crippen molar-refractivity contribution in [2.75, 3.05) is 11.1 Å². The Morgan fingerprint density at radius 2 is 2.28 bits per heavy atom. The summed E-state index contributed by atoms with van der Waals surface area (Å²) in [6, 6.07) is 5.15. The zero-order valence-corrected chi connectivity index (χ0v) is 14.8. The summed E-state index contributed by atoms with van der Waals surface area (Å²) in [4.78, 5) is 26.5. The summed E-state index contributed by atoms with van der Waals surface area (Å²) in [5, 5.41) is 14.1. The van der Waals surface area contributed by atoms with Crippen molar-refractivity contribution in [2.45, 2.75) is 37.6 Å². The summed E-state index contributed by atoms with van der Waals surface area (Å²) in [6.07, 6.45) is 2.82. The Morgan fingerprint density at radius 3 is 3.04 bits per heavy atom. The molecule has 4 rings (SSSR count). The predicted octanol–water partition coefficient (Wildman–Crippen LogP) is 1.36. The molecule has 2 atom stereocenters. The van der Waals surface area contributed by atoms with Gasteiger partial charge in [-0.2, -0.15) is 0 Å². The number of hydrogen-bond acceptors (Lipinski definition) is 6. The van der Waals surface area contributed by atoms with Crippen molar-refractivity contribution < 1.29 is 9.59 Å². The van der Waals surface area contributed by atoms with Crippen LogP contribution in [0.4, 0.5) is 5.69 Å². The average molecular weight is 358 g/mol. The summed E-state index contributed by atoms with van der Waals surface area (Å²) >= 11 is 1.68. The predicted molar refractivity (Wildman–Crippen MR) is 93.3 cm³/mol. The molecule has 2 saturated heterocycles. The first-order chi connectivity index (χ1) is 12.0. The van der Waals surface area contributed by atoms with Crippen LogP contribution in [0.25, 0.3) is 5.69 Å². The molecule has 0 unspecified atom stereocenters. The van der Waals surface area contributed by atoms with E-state index in [1.54, 1.807) is 21.3 Å². The Kier molecular flexibility index (Phi) is 3.75. The molecular formula is C16H18N6O2S. The van der Waals surface area contributed by atoms with Gasteiger partial charge in [0.15, 0.2) is 0 Å². The molecule has 8 nitrogen and oxygen atoms in total.